The van der Waals surface area contributed by atoms with E-state index in [0.29, 0.717) is 5.02 Å². The van der Waals surface area contributed by atoms with Gasteiger partial charge in [0, 0.05) is 34.4 Å². The van der Waals surface area contributed by atoms with E-state index in [1.54, 1.807) is 6.07 Å². The number of rotatable bonds is 6. The number of nitrogens with zero attached hydrogens (tertiary/aromatic N) is 2. The summed E-state index contributed by atoms with van der Waals surface area (Å²) in [6, 6.07) is 5.91. The van der Waals surface area contributed by atoms with Gasteiger partial charge in [0.15, 0.2) is 0 Å². The number of aromatic nitrogens is 2. The average molecular weight is 312 g/mol. The molecule has 1 aromatic carbocycles. The Morgan fingerprint density at radius 3 is 2.80 bits per heavy atom. The summed E-state index contributed by atoms with van der Waals surface area (Å²) in [6.07, 6.45) is 4.87. The molecular formula is C15H19Cl2N3. The molecule has 1 N–H and O–H groups in total. The van der Waals surface area contributed by atoms with Gasteiger partial charge in [0.1, 0.15) is 0 Å². The summed E-state index contributed by atoms with van der Waals surface area (Å²) >= 11 is 12.0. The molecule has 0 fully saturated rings. The Morgan fingerprint density at radius 1 is 1.35 bits per heavy atom. The van der Waals surface area contributed by atoms with Gasteiger partial charge in [-0.25, -0.2) is 0 Å². The Morgan fingerprint density at radius 2 is 2.15 bits per heavy atom. The number of benzene rings is 1. The lowest BCUT2D eigenvalue weighted by atomic mass is 10.1. The molecule has 3 nitrogen and oxygen atoms in total. The van der Waals surface area contributed by atoms with Crippen LogP contribution in [0.15, 0.2) is 30.6 Å². The van der Waals surface area contributed by atoms with Crippen molar-refractivity contribution in [2.24, 2.45) is 0 Å². The van der Waals surface area contributed by atoms with Crippen molar-refractivity contribution in [3.05, 3.63) is 51.8 Å². The van der Waals surface area contributed by atoms with E-state index in [-0.39, 0.29) is 6.04 Å². The van der Waals surface area contributed by atoms with E-state index in [2.05, 4.69) is 30.5 Å². The number of aryl methyl sites for hydroxylation is 1. The highest BCUT2D eigenvalue weighted by molar-refractivity contribution is 6.35. The number of hydrogen-bond donors (Lipinski definition) is 1. The summed E-state index contributed by atoms with van der Waals surface area (Å²) in [5.74, 6) is 0. The van der Waals surface area contributed by atoms with Crippen LogP contribution >= 0.6 is 23.2 Å². The van der Waals surface area contributed by atoms with Gasteiger partial charge in [-0.1, -0.05) is 29.3 Å². The molecule has 0 saturated heterocycles. The third kappa shape index (κ3) is 3.98. The highest BCUT2D eigenvalue weighted by Crippen LogP contribution is 2.21. The normalized spacial score (nSPS) is 12.6. The molecule has 5 heteroatoms. The Balaban J connectivity index is 1.86. The second-order valence-electron chi connectivity index (χ2n) is 4.79. The molecule has 1 heterocycles. The van der Waals surface area contributed by atoms with Gasteiger partial charge in [0.25, 0.3) is 0 Å². The molecule has 0 aliphatic heterocycles. The van der Waals surface area contributed by atoms with Crippen LogP contribution in [0.4, 0.5) is 0 Å². The fraction of sp³-hybridized carbons (Fsp3) is 0.400. The summed E-state index contributed by atoms with van der Waals surface area (Å²) in [6.45, 7) is 5.98. The largest absolute Gasteiger partial charge is 0.310 e. The highest BCUT2D eigenvalue weighted by atomic mass is 35.5. The quantitative estimate of drug-likeness (QED) is 0.870. The smallest absolute Gasteiger partial charge is 0.0537 e. The van der Waals surface area contributed by atoms with Crippen molar-refractivity contribution in [3.63, 3.8) is 0 Å². The van der Waals surface area contributed by atoms with E-state index in [0.717, 1.165) is 30.1 Å². The summed E-state index contributed by atoms with van der Waals surface area (Å²) in [4.78, 5) is 0. The van der Waals surface area contributed by atoms with Crippen LogP contribution in [0.2, 0.25) is 10.0 Å². The summed E-state index contributed by atoms with van der Waals surface area (Å²) in [5, 5.41) is 9.17. The zero-order valence-electron chi connectivity index (χ0n) is 11.7. The van der Waals surface area contributed by atoms with Gasteiger partial charge in [0.2, 0.25) is 0 Å². The van der Waals surface area contributed by atoms with Gasteiger partial charge >= 0.3 is 0 Å². The maximum Gasteiger partial charge on any atom is 0.0537 e. The third-order valence-electron chi connectivity index (χ3n) is 3.34. The van der Waals surface area contributed by atoms with Gasteiger partial charge < -0.3 is 5.32 Å². The Hall–Kier alpha value is -1.03. The summed E-state index contributed by atoms with van der Waals surface area (Å²) in [7, 11) is 0. The van der Waals surface area contributed by atoms with E-state index < -0.39 is 0 Å². The predicted molar refractivity (Wildman–Crippen MR) is 84.5 cm³/mol. The minimum Gasteiger partial charge on any atom is -0.310 e. The predicted octanol–water partition coefficient (Wildman–Crippen LogP) is 4.10. The number of hydrogen-bond acceptors (Lipinski definition) is 2. The molecule has 0 amide bonds. The molecule has 2 rings (SSSR count). The zero-order valence-corrected chi connectivity index (χ0v) is 13.2. The zero-order chi connectivity index (χ0) is 14.5. The van der Waals surface area contributed by atoms with E-state index in [1.165, 1.54) is 5.56 Å². The molecule has 0 spiro atoms. The molecule has 1 atom stereocenters. The van der Waals surface area contributed by atoms with E-state index in [4.69, 9.17) is 23.2 Å². The van der Waals surface area contributed by atoms with Crippen LogP contribution in [-0.4, -0.2) is 16.3 Å². The Bertz CT molecular complexity index is 566. The van der Waals surface area contributed by atoms with E-state index >= 15 is 0 Å². The first kappa shape index (κ1) is 15.4. The van der Waals surface area contributed by atoms with Crippen molar-refractivity contribution in [1.29, 1.82) is 0 Å². The molecule has 1 aromatic heterocycles. The van der Waals surface area contributed by atoms with Gasteiger partial charge in [-0.05, 0) is 44.5 Å². The molecule has 1 unspecified atom stereocenters. The Labute approximate surface area is 129 Å². The topological polar surface area (TPSA) is 29.9 Å². The fourth-order valence-corrected chi connectivity index (χ4v) is 2.54. The van der Waals surface area contributed by atoms with Crippen LogP contribution in [0.3, 0.4) is 0 Å². The summed E-state index contributed by atoms with van der Waals surface area (Å²) < 4.78 is 1.93. The molecule has 0 aliphatic rings. The highest BCUT2D eigenvalue weighted by Gasteiger charge is 2.08. The molecule has 108 valence electrons. The van der Waals surface area contributed by atoms with E-state index in [1.807, 2.05) is 23.0 Å². The molecular weight excluding hydrogens is 293 g/mol. The van der Waals surface area contributed by atoms with Crippen molar-refractivity contribution >= 4 is 23.2 Å². The maximum atomic E-state index is 6.16. The lowest BCUT2D eigenvalue weighted by molar-refractivity contribution is 0.575. The second kappa shape index (κ2) is 7.11. The van der Waals surface area contributed by atoms with Crippen LogP contribution in [-0.2, 0) is 13.0 Å². The lowest BCUT2D eigenvalue weighted by Crippen LogP contribution is -2.21. The first-order valence-electron chi connectivity index (χ1n) is 6.79. The van der Waals surface area contributed by atoms with Gasteiger partial charge in [0.05, 0.1) is 6.20 Å². The first-order valence-corrected chi connectivity index (χ1v) is 7.55. The average Bonchev–Trinajstić information content (AvgIpc) is 2.90. The van der Waals surface area contributed by atoms with Crippen LogP contribution in [0.1, 0.15) is 31.0 Å². The van der Waals surface area contributed by atoms with E-state index in [9.17, 15) is 0 Å². The molecule has 2 aromatic rings. The molecule has 0 radical (unpaired) electrons. The molecule has 0 bridgehead atoms. The van der Waals surface area contributed by atoms with Gasteiger partial charge in [-0.2, -0.15) is 5.10 Å². The maximum absolute atomic E-state index is 6.16. The number of nitrogens with one attached hydrogen (secondary N) is 1. The fourth-order valence-electron chi connectivity index (χ4n) is 2.04. The third-order valence-corrected chi connectivity index (χ3v) is 3.92. The van der Waals surface area contributed by atoms with Crippen molar-refractivity contribution in [3.8, 4) is 0 Å². The van der Waals surface area contributed by atoms with Crippen LogP contribution in [0.25, 0.3) is 0 Å². The standard InChI is InChI=1S/C15H19Cl2N3/c1-3-20-10-13(9-19-20)11(2)18-7-6-12-4-5-14(16)8-15(12)17/h4-5,8-11,18H,3,6-7H2,1-2H3. The minimum atomic E-state index is 0.279. The van der Waals surface area contributed by atoms with Crippen LogP contribution in [0, 0.1) is 0 Å². The van der Waals surface area contributed by atoms with Crippen LogP contribution < -0.4 is 5.32 Å². The molecule has 0 saturated carbocycles. The van der Waals surface area contributed by atoms with Crippen molar-refractivity contribution < 1.29 is 0 Å². The lowest BCUT2D eigenvalue weighted by Gasteiger charge is -2.12. The number of halogens is 2. The van der Waals surface area contributed by atoms with Crippen LogP contribution in [0.5, 0.6) is 0 Å². The van der Waals surface area contributed by atoms with Crippen molar-refractivity contribution in [2.75, 3.05) is 6.54 Å². The Kier molecular flexibility index (Phi) is 5.46. The SMILES string of the molecule is CCn1cc(C(C)NCCc2ccc(Cl)cc2Cl)cn1. The van der Waals surface area contributed by atoms with Gasteiger partial charge in [-0.15, -0.1) is 0 Å². The van der Waals surface area contributed by atoms with Crippen molar-refractivity contribution in [1.82, 2.24) is 15.1 Å². The summed E-state index contributed by atoms with van der Waals surface area (Å²) in [5.41, 5.74) is 2.31. The van der Waals surface area contributed by atoms with Crippen molar-refractivity contribution in [2.45, 2.75) is 32.9 Å². The monoisotopic (exact) mass is 311 g/mol. The second-order valence-corrected chi connectivity index (χ2v) is 5.63. The minimum absolute atomic E-state index is 0.279. The molecule has 20 heavy (non-hydrogen) atoms. The molecule has 0 aliphatic carbocycles. The first-order chi connectivity index (χ1) is 9.60. The van der Waals surface area contributed by atoms with Gasteiger partial charge in [-0.3, -0.25) is 4.68 Å².